The van der Waals surface area contributed by atoms with Crippen LogP contribution in [0.3, 0.4) is 0 Å². The monoisotopic (exact) mass is 1310 g/mol. The molecule has 1 heterocycles. The molecule has 0 radical (unpaired) electrons. The average molecular weight is 1310 g/mol. The fourth-order valence-electron chi connectivity index (χ4n) is 8.69. The molecule has 0 bridgehead atoms. The highest BCUT2D eigenvalue weighted by molar-refractivity contribution is 7.80. The van der Waals surface area contributed by atoms with Crippen molar-refractivity contribution in [3.63, 3.8) is 0 Å². The van der Waals surface area contributed by atoms with E-state index in [0.717, 1.165) is 11.8 Å². The van der Waals surface area contributed by atoms with Crippen LogP contribution in [0.4, 0.5) is 0 Å². The quantitative estimate of drug-likeness (QED) is 0.0273. The lowest BCUT2D eigenvalue weighted by Crippen LogP contribution is -2.61. The molecule has 1 aromatic carbocycles. The third kappa shape index (κ3) is 26.4. The van der Waals surface area contributed by atoms with Gasteiger partial charge in [0.25, 0.3) is 0 Å². The summed E-state index contributed by atoms with van der Waals surface area (Å²) in [7, 11) is 0. The molecule has 0 spiro atoms. The number of aliphatic carboxylic acids is 2. The van der Waals surface area contributed by atoms with Crippen molar-refractivity contribution in [1.29, 1.82) is 0 Å². The number of hydrogen-bond acceptors (Lipinski definition) is 21. The number of carbonyl (C=O) groups is 16. The van der Waals surface area contributed by atoms with Crippen LogP contribution in [0.1, 0.15) is 85.6 Å². The Labute approximate surface area is 526 Å². The van der Waals surface area contributed by atoms with Crippen LogP contribution in [0.25, 0.3) is 0 Å². The van der Waals surface area contributed by atoms with E-state index in [0.29, 0.717) is 5.56 Å². The average Bonchev–Trinajstić information content (AvgIpc) is 1.88. The fourth-order valence-corrected chi connectivity index (χ4v) is 8.95. The van der Waals surface area contributed by atoms with Gasteiger partial charge in [0, 0.05) is 25.1 Å². The number of primary amides is 2. The second-order valence-electron chi connectivity index (χ2n) is 21.9. The van der Waals surface area contributed by atoms with Crippen LogP contribution in [-0.2, 0) is 83.1 Å². The van der Waals surface area contributed by atoms with Gasteiger partial charge in [-0.2, -0.15) is 12.6 Å². The molecule has 506 valence electrons. The van der Waals surface area contributed by atoms with Crippen LogP contribution in [0.2, 0.25) is 0 Å². The number of nitrogens with zero attached hydrogens (tertiary/aromatic N) is 1. The molecule has 36 nitrogen and oxygen atoms in total. The zero-order valence-electron chi connectivity index (χ0n) is 50.8. The van der Waals surface area contributed by atoms with Crippen molar-refractivity contribution in [2.24, 2.45) is 29.0 Å². The minimum atomic E-state index is -1.84. The topological polar surface area (TPSA) is 588 Å². The first kappa shape index (κ1) is 77.9. The molecular weight excluding hydrogens is 1230 g/mol. The Morgan fingerprint density at radius 2 is 1.07 bits per heavy atom. The van der Waals surface area contributed by atoms with Crippen molar-refractivity contribution in [2.45, 2.75) is 159 Å². The molecule has 1 aliphatic heterocycles. The molecule has 0 unspecified atom stereocenters. The molecular formula is C54H83N15O21S. The van der Waals surface area contributed by atoms with E-state index in [4.69, 9.17) is 27.4 Å². The Hall–Kier alpha value is -9.23. The number of amides is 14. The molecule has 14 amide bonds. The zero-order valence-corrected chi connectivity index (χ0v) is 51.7. The van der Waals surface area contributed by atoms with Crippen molar-refractivity contribution < 1.29 is 102 Å². The van der Waals surface area contributed by atoms with Gasteiger partial charge in [0.15, 0.2) is 0 Å². The molecule has 91 heavy (non-hydrogen) atoms. The van der Waals surface area contributed by atoms with Gasteiger partial charge in [-0.25, -0.2) is 4.79 Å². The highest BCUT2D eigenvalue weighted by atomic mass is 32.1. The van der Waals surface area contributed by atoms with E-state index >= 15 is 0 Å². The van der Waals surface area contributed by atoms with Crippen LogP contribution in [0, 0.1) is 11.8 Å². The molecule has 1 saturated heterocycles. The Bertz CT molecular complexity index is 2830. The van der Waals surface area contributed by atoms with Gasteiger partial charge in [-0.1, -0.05) is 39.8 Å². The number of carbonyl (C=O) groups excluding carboxylic acids is 14. The number of nitrogens with one attached hydrogen (secondary N) is 11. The summed E-state index contributed by atoms with van der Waals surface area (Å²) in [6.07, 6.45) is -4.44. The molecule has 0 saturated carbocycles. The Balaban J connectivity index is 2.23. The van der Waals surface area contributed by atoms with Gasteiger partial charge in [-0.05, 0) is 62.6 Å². The Kier molecular flexibility index (Phi) is 32.3. The van der Waals surface area contributed by atoms with Crippen LogP contribution in [-0.4, -0.2) is 230 Å². The predicted octanol–water partition coefficient (Wildman–Crippen LogP) is -8.82. The van der Waals surface area contributed by atoms with Gasteiger partial charge in [-0.3, -0.25) is 71.9 Å². The summed E-state index contributed by atoms with van der Waals surface area (Å²) in [5, 5.41) is 73.4. The lowest BCUT2D eigenvalue weighted by molar-refractivity contribution is -0.144. The third-order valence-corrected chi connectivity index (χ3v) is 14.1. The first-order valence-electron chi connectivity index (χ1n) is 28.5. The Morgan fingerprint density at radius 3 is 1.57 bits per heavy atom. The van der Waals surface area contributed by atoms with Crippen LogP contribution in [0.15, 0.2) is 24.3 Å². The molecule has 2 rings (SSSR count). The van der Waals surface area contributed by atoms with Gasteiger partial charge >= 0.3 is 11.9 Å². The van der Waals surface area contributed by atoms with E-state index in [9.17, 15) is 92.0 Å². The number of nitrogens with two attached hydrogens (primary N) is 3. The van der Waals surface area contributed by atoms with Gasteiger partial charge in [-0.15, -0.1) is 0 Å². The Morgan fingerprint density at radius 1 is 0.582 bits per heavy atom. The standard InChI is InChI=1S/C54H83N15O21S/c1-23(2)41(67-44(79)25(5)60-45(80)29(55)21-70)51(86)63-31(17-36(56)73)46(81)58-20-39(76)66-43(26(6)71)52(87)65-34(22-91)48(83)64-33(16-27-9-11-28(72)12-10-27)53(88)69-15-7-8-35(69)49(84)59-19-38(75)61-32(18-37(57)74)47(82)68-42(24(3)4)50(85)62-30(54(89)90)13-14-40(77)78/h9-12,23-26,29-35,41-43,70-72,91H,7-8,13-22,55H2,1-6H3,(H2,56,73)(H2,57,74)(H,58,81)(H,59,84)(H,60,80)(H,61,75)(H,62,85)(H,63,86)(H,64,83)(H,65,87)(H,66,76)(H,67,79)(H,68,82)(H,77,78)(H,89,90)/t25-,26+,29-,30-,31-,32-,33-,34-,35-,41-,42-,43-/m0/s1. The molecule has 12 atom stereocenters. The van der Waals surface area contributed by atoms with Crippen molar-refractivity contribution in [2.75, 3.05) is 32.0 Å². The van der Waals surface area contributed by atoms with E-state index < -0.39 is 230 Å². The second-order valence-corrected chi connectivity index (χ2v) is 22.3. The summed E-state index contributed by atoms with van der Waals surface area (Å²) in [4.78, 5) is 209. The number of phenolic OH excluding ortho intramolecular Hbond substituents is 1. The number of phenols is 1. The minimum Gasteiger partial charge on any atom is -0.508 e. The smallest absolute Gasteiger partial charge is 0.326 e. The summed E-state index contributed by atoms with van der Waals surface area (Å²) in [6.45, 7) is 5.76. The highest BCUT2D eigenvalue weighted by Gasteiger charge is 2.40. The summed E-state index contributed by atoms with van der Waals surface area (Å²) in [5.74, 6) is -19.2. The van der Waals surface area contributed by atoms with Crippen LogP contribution < -0.4 is 75.7 Å². The number of aliphatic hydroxyl groups is 2. The normalized spacial score (nSPS) is 16.4. The van der Waals surface area contributed by atoms with Crippen LogP contribution in [0.5, 0.6) is 5.75 Å². The second kappa shape index (κ2) is 37.7. The van der Waals surface area contributed by atoms with Crippen molar-refractivity contribution in [1.82, 2.24) is 63.4 Å². The number of rotatable bonds is 38. The highest BCUT2D eigenvalue weighted by Crippen LogP contribution is 2.21. The predicted molar refractivity (Wildman–Crippen MR) is 318 cm³/mol. The lowest BCUT2D eigenvalue weighted by Gasteiger charge is -2.30. The van der Waals surface area contributed by atoms with E-state index in [2.05, 4.69) is 71.1 Å². The number of thiol groups is 1. The summed E-state index contributed by atoms with van der Waals surface area (Å²) in [5.41, 5.74) is 16.5. The lowest BCUT2D eigenvalue weighted by atomic mass is 10.0. The van der Waals surface area contributed by atoms with Gasteiger partial charge in [0.05, 0.1) is 38.6 Å². The number of carboxylic acid groups (broad SMARTS) is 2. The van der Waals surface area contributed by atoms with Crippen molar-refractivity contribution in [3.8, 4) is 5.75 Å². The third-order valence-electron chi connectivity index (χ3n) is 13.7. The first-order valence-corrected chi connectivity index (χ1v) is 29.2. The van der Waals surface area contributed by atoms with Crippen LogP contribution >= 0.6 is 12.6 Å². The number of likely N-dealkylation sites (tertiary alicyclic amines) is 1. The maximum absolute atomic E-state index is 14.5. The van der Waals surface area contributed by atoms with E-state index in [1.165, 1.54) is 58.9 Å². The molecule has 1 fully saturated rings. The SMILES string of the molecule is CC(C)[C@H](NC(=O)[C@H](C)NC(=O)[C@@H](N)CO)C(=O)N[C@@H](CC(N)=O)C(=O)NCC(=O)N[C@H](C(=O)N[C@@H](CS)C(=O)N[C@@H](Cc1ccc(O)cc1)C(=O)N1CCC[C@H]1C(=O)NCC(=O)N[C@@H](CC(N)=O)C(=O)N[C@H](C(=O)N[C@@H](CCC(=O)O)C(=O)O)C(C)C)[C@@H](C)O. The van der Waals surface area contributed by atoms with E-state index in [-0.39, 0.29) is 31.6 Å². The zero-order chi connectivity index (χ0) is 69.1. The van der Waals surface area contributed by atoms with Gasteiger partial charge in [0.2, 0.25) is 82.7 Å². The van der Waals surface area contributed by atoms with E-state index in [1.807, 2.05) is 0 Å². The number of hydrogen-bond donors (Lipinski definition) is 20. The van der Waals surface area contributed by atoms with Gasteiger partial charge in [0.1, 0.15) is 72.2 Å². The summed E-state index contributed by atoms with van der Waals surface area (Å²) >= 11 is 4.19. The first-order chi connectivity index (χ1) is 42.5. The number of aromatic hydroxyl groups is 1. The van der Waals surface area contributed by atoms with Crippen molar-refractivity contribution >= 4 is 107 Å². The minimum absolute atomic E-state index is 0.0350. The summed E-state index contributed by atoms with van der Waals surface area (Å²) in [6, 6.07) is -11.4. The molecule has 37 heteroatoms. The largest absolute Gasteiger partial charge is 0.508 e. The maximum atomic E-state index is 14.5. The van der Waals surface area contributed by atoms with Gasteiger partial charge < -0.3 is 106 Å². The van der Waals surface area contributed by atoms with E-state index in [1.54, 1.807) is 0 Å². The molecule has 1 aromatic rings. The maximum Gasteiger partial charge on any atom is 0.326 e. The summed E-state index contributed by atoms with van der Waals surface area (Å²) < 4.78 is 0. The molecule has 1 aliphatic rings. The molecule has 0 aromatic heterocycles. The number of aliphatic hydroxyl groups excluding tert-OH is 2. The molecule has 0 aliphatic carbocycles. The molecule has 22 N–H and O–H groups in total. The number of carboxylic acids is 2. The van der Waals surface area contributed by atoms with Crippen molar-refractivity contribution in [3.05, 3.63) is 29.8 Å². The fraction of sp³-hybridized carbons (Fsp3) is 0.593. The number of benzene rings is 1.